The number of carbonyl (C=O) groups excluding carboxylic acids is 1. The Bertz CT molecular complexity index is 430. The van der Waals surface area contributed by atoms with Crippen LogP contribution in [0.15, 0.2) is 36.9 Å². The van der Waals surface area contributed by atoms with Gasteiger partial charge in [0.05, 0.1) is 0 Å². The summed E-state index contributed by atoms with van der Waals surface area (Å²) in [6.07, 6.45) is 2.93. The van der Waals surface area contributed by atoms with E-state index in [0.29, 0.717) is 24.9 Å². The second kappa shape index (κ2) is 5.13. The number of halogens is 1. The average molecular weight is 233 g/mol. The van der Waals surface area contributed by atoms with E-state index in [2.05, 4.69) is 6.58 Å². The van der Waals surface area contributed by atoms with Crippen LogP contribution in [0.2, 0.25) is 0 Å². The van der Waals surface area contributed by atoms with E-state index in [0.717, 1.165) is 6.54 Å². The van der Waals surface area contributed by atoms with Crippen molar-refractivity contribution in [2.45, 2.75) is 12.8 Å². The van der Waals surface area contributed by atoms with Crippen LogP contribution in [0.3, 0.4) is 0 Å². The average Bonchev–Trinajstić information content (AvgIpc) is 2.69. The minimum atomic E-state index is -0.195. The summed E-state index contributed by atoms with van der Waals surface area (Å²) < 4.78 is 13.4. The summed E-state index contributed by atoms with van der Waals surface area (Å²) in [5.74, 6) is 0.203. The molecule has 1 unspecified atom stereocenters. The van der Waals surface area contributed by atoms with Crippen molar-refractivity contribution in [2.75, 3.05) is 13.1 Å². The summed E-state index contributed by atoms with van der Waals surface area (Å²) in [6.45, 7) is 5.01. The van der Waals surface area contributed by atoms with Crippen LogP contribution in [0.25, 0.3) is 0 Å². The number of rotatable bonds is 4. The summed E-state index contributed by atoms with van der Waals surface area (Å²) in [7, 11) is 0. The Morgan fingerprint density at radius 1 is 1.47 bits per heavy atom. The van der Waals surface area contributed by atoms with Gasteiger partial charge in [0.25, 0.3) is 0 Å². The lowest BCUT2D eigenvalue weighted by molar-refractivity contribution is -0.127. The van der Waals surface area contributed by atoms with E-state index in [-0.39, 0.29) is 17.6 Å². The fourth-order valence-electron chi connectivity index (χ4n) is 2.13. The standard InChI is InChI=1S/C14H16FNO/c1-2-11-9-14(17)16(10-11)8-7-12-5-3-4-6-13(12)15/h2-6,11H,1,7-10H2. The highest BCUT2D eigenvalue weighted by molar-refractivity contribution is 5.79. The maximum Gasteiger partial charge on any atom is 0.223 e. The van der Waals surface area contributed by atoms with Crippen LogP contribution in [-0.4, -0.2) is 23.9 Å². The Morgan fingerprint density at radius 3 is 2.88 bits per heavy atom. The molecule has 0 aromatic heterocycles. The van der Waals surface area contributed by atoms with E-state index < -0.39 is 0 Å². The van der Waals surface area contributed by atoms with E-state index in [1.165, 1.54) is 6.07 Å². The monoisotopic (exact) mass is 233 g/mol. The lowest BCUT2D eigenvalue weighted by atomic mass is 10.1. The molecule has 0 bridgehead atoms. The molecule has 2 rings (SSSR count). The van der Waals surface area contributed by atoms with Crippen molar-refractivity contribution in [3.63, 3.8) is 0 Å². The van der Waals surface area contributed by atoms with Gasteiger partial charge in [-0.3, -0.25) is 4.79 Å². The molecule has 1 aromatic carbocycles. The first-order valence-corrected chi connectivity index (χ1v) is 5.84. The van der Waals surface area contributed by atoms with Crippen LogP contribution in [0.5, 0.6) is 0 Å². The second-order valence-electron chi connectivity index (χ2n) is 4.38. The molecular weight excluding hydrogens is 217 g/mol. The predicted octanol–water partition coefficient (Wildman–Crippen LogP) is 2.40. The molecule has 0 radical (unpaired) electrons. The molecule has 0 spiro atoms. The Balaban J connectivity index is 1.93. The van der Waals surface area contributed by atoms with Gasteiger partial charge < -0.3 is 4.90 Å². The number of hydrogen-bond acceptors (Lipinski definition) is 1. The van der Waals surface area contributed by atoms with E-state index in [9.17, 15) is 9.18 Å². The van der Waals surface area contributed by atoms with E-state index in [1.54, 1.807) is 17.0 Å². The van der Waals surface area contributed by atoms with Gasteiger partial charge in [-0.05, 0) is 18.1 Å². The zero-order chi connectivity index (χ0) is 12.3. The Labute approximate surface area is 101 Å². The lowest BCUT2D eigenvalue weighted by Crippen LogP contribution is -2.27. The first kappa shape index (κ1) is 11.8. The zero-order valence-electron chi connectivity index (χ0n) is 9.73. The summed E-state index contributed by atoms with van der Waals surface area (Å²) in [5.41, 5.74) is 0.669. The SMILES string of the molecule is C=CC1CC(=O)N(CCc2ccccc2F)C1. The number of amides is 1. The molecular formula is C14H16FNO. The molecule has 1 heterocycles. The summed E-state index contributed by atoms with van der Waals surface area (Å²) in [4.78, 5) is 13.4. The van der Waals surface area contributed by atoms with Gasteiger partial charge in [-0.15, -0.1) is 6.58 Å². The van der Waals surface area contributed by atoms with Crippen LogP contribution < -0.4 is 0 Å². The van der Waals surface area contributed by atoms with Gasteiger partial charge in [0.1, 0.15) is 5.82 Å². The molecule has 17 heavy (non-hydrogen) atoms. The summed E-state index contributed by atoms with van der Waals surface area (Å²) >= 11 is 0. The number of carbonyl (C=O) groups is 1. The normalized spacial score (nSPS) is 19.7. The van der Waals surface area contributed by atoms with Crippen molar-refractivity contribution in [3.8, 4) is 0 Å². The molecule has 0 saturated carbocycles. The molecule has 1 fully saturated rings. The molecule has 1 atom stereocenters. The van der Waals surface area contributed by atoms with Crippen molar-refractivity contribution in [1.29, 1.82) is 0 Å². The smallest absolute Gasteiger partial charge is 0.223 e. The Hall–Kier alpha value is -1.64. The molecule has 0 N–H and O–H groups in total. The van der Waals surface area contributed by atoms with Crippen molar-refractivity contribution in [1.82, 2.24) is 4.90 Å². The second-order valence-corrected chi connectivity index (χ2v) is 4.38. The minimum absolute atomic E-state index is 0.145. The molecule has 2 nitrogen and oxygen atoms in total. The van der Waals surface area contributed by atoms with Crippen LogP contribution in [-0.2, 0) is 11.2 Å². The van der Waals surface area contributed by atoms with Crippen LogP contribution in [0.4, 0.5) is 4.39 Å². The van der Waals surface area contributed by atoms with Gasteiger partial charge in [0.2, 0.25) is 5.91 Å². The third-order valence-corrected chi connectivity index (χ3v) is 3.19. The molecule has 1 aliphatic heterocycles. The molecule has 1 aromatic rings. The summed E-state index contributed by atoms with van der Waals surface area (Å²) in [6, 6.07) is 6.71. The highest BCUT2D eigenvalue weighted by Crippen LogP contribution is 2.19. The third kappa shape index (κ3) is 2.73. The quantitative estimate of drug-likeness (QED) is 0.731. The third-order valence-electron chi connectivity index (χ3n) is 3.19. The van der Waals surface area contributed by atoms with Crippen LogP contribution in [0.1, 0.15) is 12.0 Å². The van der Waals surface area contributed by atoms with Gasteiger partial charge in [-0.1, -0.05) is 24.3 Å². The maximum atomic E-state index is 13.4. The molecule has 90 valence electrons. The fraction of sp³-hybridized carbons (Fsp3) is 0.357. The van der Waals surface area contributed by atoms with E-state index in [1.807, 2.05) is 12.1 Å². The van der Waals surface area contributed by atoms with E-state index >= 15 is 0 Å². The molecule has 1 aliphatic rings. The highest BCUT2D eigenvalue weighted by atomic mass is 19.1. The highest BCUT2D eigenvalue weighted by Gasteiger charge is 2.26. The molecule has 1 saturated heterocycles. The van der Waals surface area contributed by atoms with Crippen molar-refractivity contribution < 1.29 is 9.18 Å². The lowest BCUT2D eigenvalue weighted by Gasteiger charge is -2.16. The maximum absolute atomic E-state index is 13.4. The number of benzene rings is 1. The first-order chi connectivity index (χ1) is 8.20. The van der Waals surface area contributed by atoms with E-state index in [4.69, 9.17) is 0 Å². The van der Waals surface area contributed by atoms with Crippen molar-refractivity contribution >= 4 is 5.91 Å². The van der Waals surface area contributed by atoms with Gasteiger partial charge >= 0.3 is 0 Å². The Morgan fingerprint density at radius 2 is 2.24 bits per heavy atom. The largest absolute Gasteiger partial charge is 0.342 e. The van der Waals surface area contributed by atoms with Crippen LogP contribution >= 0.6 is 0 Å². The molecule has 0 aliphatic carbocycles. The van der Waals surface area contributed by atoms with Gasteiger partial charge in [0.15, 0.2) is 0 Å². The zero-order valence-corrected chi connectivity index (χ0v) is 9.73. The van der Waals surface area contributed by atoms with Crippen LogP contribution in [0, 0.1) is 11.7 Å². The number of nitrogens with zero attached hydrogens (tertiary/aromatic N) is 1. The van der Waals surface area contributed by atoms with Gasteiger partial charge in [0, 0.05) is 25.4 Å². The van der Waals surface area contributed by atoms with Gasteiger partial charge in [-0.25, -0.2) is 4.39 Å². The predicted molar refractivity (Wildman–Crippen MR) is 65.0 cm³/mol. The fourth-order valence-corrected chi connectivity index (χ4v) is 2.13. The summed E-state index contributed by atoms with van der Waals surface area (Å²) in [5, 5.41) is 0. The van der Waals surface area contributed by atoms with Gasteiger partial charge in [-0.2, -0.15) is 0 Å². The van der Waals surface area contributed by atoms with Crippen molar-refractivity contribution in [3.05, 3.63) is 48.3 Å². The van der Waals surface area contributed by atoms with Crippen molar-refractivity contribution in [2.24, 2.45) is 5.92 Å². The number of hydrogen-bond donors (Lipinski definition) is 0. The topological polar surface area (TPSA) is 20.3 Å². The first-order valence-electron chi connectivity index (χ1n) is 5.84. The molecule has 1 amide bonds. The Kier molecular flexibility index (Phi) is 3.57. The molecule has 3 heteroatoms. The number of likely N-dealkylation sites (tertiary alicyclic amines) is 1. The minimum Gasteiger partial charge on any atom is -0.342 e.